The van der Waals surface area contributed by atoms with Crippen LogP contribution in [0.15, 0.2) is 75.9 Å². The summed E-state index contributed by atoms with van der Waals surface area (Å²) < 4.78 is 24.2. The van der Waals surface area contributed by atoms with Gasteiger partial charge in [-0.25, -0.2) is 4.39 Å². The predicted molar refractivity (Wildman–Crippen MR) is 110 cm³/mol. The third-order valence-corrected chi connectivity index (χ3v) is 4.88. The first-order valence-corrected chi connectivity index (χ1v) is 9.60. The van der Waals surface area contributed by atoms with Gasteiger partial charge in [-0.3, -0.25) is 4.79 Å². The van der Waals surface area contributed by atoms with Crippen LogP contribution in [-0.2, 0) is 13.1 Å². The van der Waals surface area contributed by atoms with Gasteiger partial charge in [-0.1, -0.05) is 22.9 Å². The molecule has 4 aromatic rings. The van der Waals surface area contributed by atoms with Crippen molar-refractivity contribution in [2.45, 2.75) is 26.9 Å². The van der Waals surface area contributed by atoms with Gasteiger partial charge in [0.05, 0.1) is 19.4 Å². The summed E-state index contributed by atoms with van der Waals surface area (Å²) in [4.78, 5) is 14.7. The highest BCUT2D eigenvalue weighted by Crippen LogP contribution is 2.26. The quantitative estimate of drug-likeness (QED) is 0.424. The second-order valence-electron chi connectivity index (χ2n) is 7.25. The number of hydrogen-bond donors (Lipinski definition) is 0. The Morgan fingerprint density at radius 3 is 2.57 bits per heavy atom. The van der Waals surface area contributed by atoms with Gasteiger partial charge in [0.1, 0.15) is 17.3 Å². The molecule has 0 aliphatic rings. The predicted octanol–water partition coefficient (Wildman–Crippen LogP) is 5.53. The van der Waals surface area contributed by atoms with Gasteiger partial charge in [-0.15, -0.1) is 0 Å². The lowest BCUT2D eigenvalue weighted by molar-refractivity contribution is 0.0713. The maximum Gasteiger partial charge on any atom is 0.254 e. The monoisotopic (exact) mass is 404 g/mol. The van der Waals surface area contributed by atoms with Crippen LogP contribution in [0.5, 0.6) is 0 Å². The largest absolute Gasteiger partial charge is 0.467 e. The molecule has 0 aliphatic heterocycles. The van der Waals surface area contributed by atoms with Crippen molar-refractivity contribution in [2.75, 3.05) is 0 Å². The molecule has 0 bridgehead atoms. The Morgan fingerprint density at radius 2 is 1.83 bits per heavy atom. The molecule has 6 heteroatoms. The van der Waals surface area contributed by atoms with Crippen molar-refractivity contribution in [2.24, 2.45) is 0 Å². The van der Waals surface area contributed by atoms with E-state index in [1.54, 1.807) is 23.3 Å². The van der Waals surface area contributed by atoms with Gasteiger partial charge in [0.15, 0.2) is 5.76 Å². The average Bonchev–Trinajstić information content (AvgIpc) is 3.42. The smallest absolute Gasteiger partial charge is 0.254 e. The number of hydrogen-bond acceptors (Lipinski definition) is 4. The first kappa shape index (κ1) is 19.6. The lowest BCUT2D eigenvalue weighted by Gasteiger charge is -2.20. The summed E-state index contributed by atoms with van der Waals surface area (Å²) in [6.07, 6.45) is 1.56. The van der Waals surface area contributed by atoms with E-state index in [9.17, 15) is 9.18 Å². The van der Waals surface area contributed by atoms with Crippen molar-refractivity contribution in [3.05, 3.63) is 101 Å². The van der Waals surface area contributed by atoms with Crippen molar-refractivity contribution >= 4 is 5.91 Å². The molecular weight excluding hydrogens is 383 g/mol. The Balaban J connectivity index is 1.60. The molecule has 4 rings (SSSR count). The molecule has 0 aliphatic carbocycles. The molecule has 30 heavy (non-hydrogen) atoms. The molecule has 0 radical (unpaired) electrons. The van der Waals surface area contributed by atoms with Crippen LogP contribution >= 0.6 is 0 Å². The molecular formula is C24H21FN2O3. The number of furan rings is 1. The Morgan fingerprint density at radius 1 is 1.03 bits per heavy atom. The fourth-order valence-electron chi connectivity index (χ4n) is 3.28. The van der Waals surface area contributed by atoms with Crippen LogP contribution in [0, 0.1) is 19.7 Å². The molecule has 0 unspecified atom stereocenters. The first-order chi connectivity index (χ1) is 14.5. The molecule has 5 nitrogen and oxygen atoms in total. The summed E-state index contributed by atoms with van der Waals surface area (Å²) in [7, 11) is 0. The topological polar surface area (TPSA) is 59.5 Å². The third-order valence-electron chi connectivity index (χ3n) is 4.88. The molecule has 0 spiro atoms. The van der Waals surface area contributed by atoms with Crippen LogP contribution in [0.25, 0.3) is 11.3 Å². The number of carbonyl (C=O) groups is 1. The minimum Gasteiger partial charge on any atom is -0.467 e. The summed E-state index contributed by atoms with van der Waals surface area (Å²) >= 11 is 0. The van der Waals surface area contributed by atoms with Gasteiger partial charge >= 0.3 is 0 Å². The van der Waals surface area contributed by atoms with Crippen LogP contribution in [0.3, 0.4) is 0 Å². The Hall–Kier alpha value is -3.67. The average molecular weight is 404 g/mol. The highest BCUT2D eigenvalue weighted by Gasteiger charge is 2.20. The van der Waals surface area contributed by atoms with Crippen molar-refractivity contribution in [1.82, 2.24) is 10.1 Å². The Labute approximate surface area is 173 Å². The highest BCUT2D eigenvalue weighted by molar-refractivity contribution is 5.94. The molecule has 0 N–H and O–H groups in total. The summed E-state index contributed by atoms with van der Waals surface area (Å²) in [6, 6.07) is 17.0. The van der Waals surface area contributed by atoms with E-state index in [2.05, 4.69) is 5.16 Å². The van der Waals surface area contributed by atoms with Crippen LogP contribution in [0.2, 0.25) is 0 Å². The molecule has 0 saturated heterocycles. The molecule has 1 amide bonds. The fourth-order valence-corrected chi connectivity index (χ4v) is 3.28. The standard InChI is InChI=1S/C24H21FN2O3/c1-16-5-6-17(2)22(12-16)23-13-20(26-30-23)14-27(15-21-4-3-11-29-21)24(28)18-7-9-19(25)10-8-18/h3-13H,14-15H2,1-2H3. The zero-order chi connectivity index (χ0) is 21.1. The molecule has 2 aromatic heterocycles. The zero-order valence-corrected chi connectivity index (χ0v) is 16.8. The SMILES string of the molecule is Cc1ccc(C)c(-c2cc(CN(Cc3ccco3)C(=O)c3ccc(F)cc3)no2)c1. The molecule has 2 heterocycles. The van der Waals surface area contributed by atoms with E-state index in [1.165, 1.54) is 24.3 Å². The summed E-state index contributed by atoms with van der Waals surface area (Å²) in [5, 5.41) is 4.16. The van der Waals surface area contributed by atoms with Gasteiger partial charge in [0.2, 0.25) is 0 Å². The third kappa shape index (κ3) is 4.33. The van der Waals surface area contributed by atoms with Crippen molar-refractivity contribution in [3.8, 4) is 11.3 Å². The normalized spacial score (nSPS) is 10.9. The zero-order valence-electron chi connectivity index (χ0n) is 16.8. The van der Waals surface area contributed by atoms with E-state index in [0.717, 1.165) is 16.7 Å². The van der Waals surface area contributed by atoms with Crippen LogP contribution in [0.1, 0.15) is 32.9 Å². The number of aryl methyl sites for hydroxylation is 2. The highest BCUT2D eigenvalue weighted by atomic mass is 19.1. The van der Waals surface area contributed by atoms with Crippen LogP contribution in [0.4, 0.5) is 4.39 Å². The Kier molecular flexibility index (Phi) is 5.48. The number of rotatable bonds is 6. The molecule has 2 aromatic carbocycles. The molecule has 152 valence electrons. The molecule has 0 saturated carbocycles. The van der Waals surface area contributed by atoms with Crippen molar-refractivity contribution in [1.29, 1.82) is 0 Å². The number of halogens is 1. The second-order valence-corrected chi connectivity index (χ2v) is 7.25. The van der Waals surface area contributed by atoms with E-state index in [1.807, 2.05) is 38.1 Å². The van der Waals surface area contributed by atoms with Gasteiger partial charge < -0.3 is 13.8 Å². The van der Waals surface area contributed by atoms with Crippen molar-refractivity contribution in [3.63, 3.8) is 0 Å². The minimum atomic E-state index is -0.390. The van der Waals surface area contributed by atoms with Gasteiger partial charge in [-0.05, 0) is 61.9 Å². The lowest BCUT2D eigenvalue weighted by atomic mass is 10.0. The number of benzene rings is 2. The van der Waals surface area contributed by atoms with E-state index >= 15 is 0 Å². The summed E-state index contributed by atoms with van der Waals surface area (Å²) in [5.41, 5.74) is 4.18. The number of carbonyl (C=O) groups excluding carboxylic acids is 1. The van der Waals surface area contributed by atoms with Crippen molar-refractivity contribution < 1.29 is 18.1 Å². The molecule has 0 atom stereocenters. The molecule has 0 fully saturated rings. The first-order valence-electron chi connectivity index (χ1n) is 9.60. The van der Waals surface area contributed by atoms with E-state index in [4.69, 9.17) is 8.94 Å². The maximum absolute atomic E-state index is 13.3. The van der Waals surface area contributed by atoms with Gasteiger partial charge in [-0.2, -0.15) is 0 Å². The fraction of sp³-hybridized carbons (Fsp3) is 0.167. The van der Waals surface area contributed by atoms with Crippen LogP contribution < -0.4 is 0 Å². The summed E-state index contributed by atoms with van der Waals surface area (Å²) in [5.74, 6) is 0.656. The number of amides is 1. The minimum absolute atomic E-state index is 0.227. The van der Waals surface area contributed by atoms with Gasteiger partial charge in [0, 0.05) is 17.2 Å². The lowest BCUT2D eigenvalue weighted by Crippen LogP contribution is -2.30. The number of aromatic nitrogens is 1. The van der Waals surface area contributed by atoms with E-state index in [0.29, 0.717) is 22.8 Å². The Bertz CT molecular complexity index is 1150. The maximum atomic E-state index is 13.3. The van der Waals surface area contributed by atoms with E-state index < -0.39 is 0 Å². The second kappa shape index (κ2) is 8.37. The summed E-state index contributed by atoms with van der Waals surface area (Å²) in [6.45, 7) is 4.52. The van der Waals surface area contributed by atoms with Gasteiger partial charge in [0.25, 0.3) is 5.91 Å². The number of nitrogens with zero attached hydrogens (tertiary/aromatic N) is 2. The van der Waals surface area contributed by atoms with Crippen LogP contribution in [-0.4, -0.2) is 16.0 Å². The van der Waals surface area contributed by atoms with E-state index in [-0.39, 0.29) is 24.8 Å².